The Balaban J connectivity index is 1.51. The third-order valence-electron chi connectivity index (χ3n) is 8.81. The molecule has 0 radical (unpaired) electrons. The molecular formula is C32H28ClNO7. The minimum atomic E-state index is -0.714. The summed E-state index contributed by atoms with van der Waals surface area (Å²) < 4.78 is 10.8. The largest absolute Gasteiger partial charge is 0.502 e. The fourth-order valence-corrected chi connectivity index (χ4v) is 6.99. The van der Waals surface area contributed by atoms with Crippen molar-refractivity contribution in [3.63, 3.8) is 0 Å². The Bertz CT molecular complexity index is 1640. The maximum absolute atomic E-state index is 14.0. The van der Waals surface area contributed by atoms with Crippen molar-refractivity contribution < 1.29 is 33.8 Å². The van der Waals surface area contributed by atoms with Gasteiger partial charge in [0.05, 0.1) is 31.7 Å². The number of Topliss-reactive ketones (excluding diaryl/α,β-unsaturated/α-hetero) is 1. The normalized spacial score (nSPS) is 25.4. The number of benzene rings is 2. The molecule has 2 amide bonds. The van der Waals surface area contributed by atoms with E-state index >= 15 is 0 Å². The van der Waals surface area contributed by atoms with Crippen LogP contribution in [0.5, 0.6) is 17.2 Å². The van der Waals surface area contributed by atoms with E-state index in [2.05, 4.69) is 0 Å². The molecule has 3 aliphatic carbocycles. The zero-order valence-corrected chi connectivity index (χ0v) is 23.7. The van der Waals surface area contributed by atoms with Crippen molar-refractivity contribution in [1.82, 2.24) is 0 Å². The number of carbonyl (C=O) groups excluding carboxylic acids is 4. The number of allylic oxidation sites excluding steroid dienone is 6. The molecule has 1 aliphatic heterocycles. The van der Waals surface area contributed by atoms with E-state index in [9.17, 15) is 24.3 Å². The SMILES string of the molecule is COc1cc(C2C3=CCC4C(=O)N(c5ccc(C)c(Cl)c5)C(=O)C4C3CC3=C2C(=O)C=C(C)C3=O)cc(OC)c1O. The number of amides is 2. The highest BCUT2D eigenvalue weighted by Crippen LogP contribution is 2.56. The molecule has 1 saturated heterocycles. The molecule has 1 fully saturated rings. The molecular weight excluding hydrogens is 546 g/mol. The van der Waals surface area contributed by atoms with Crippen molar-refractivity contribution in [3.8, 4) is 17.2 Å². The maximum Gasteiger partial charge on any atom is 0.238 e. The lowest BCUT2D eigenvalue weighted by Gasteiger charge is -2.42. The van der Waals surface area contributed by atoms with Gasteiger partial charge in [-0.15, -0.1) is 0 Å². The highest BCUT2D eigenvalue weighted by molar-refractivity contribution is 6.32. The number of methoxy groups -OCH3 is 2. The van der Waals surface area contributed by atoms with E-state index in [1.807, 2.05) is 13.0 Å². The Morgan fingerprint density at radius 1 is 0.951 bits per heavy atom. The summed E-state index contributed by atoms with van der Waals surface area (Å²) >= 11 is 6.34. The van der Waals surface area contributed by atoms with Gasteiger partial charge in [-0.3, -0.25) is 19.2 Å². The number of imide groups is 1. The Morgan fingerprint density at radius 3 is 2.27 bits per heavy atom. The molecule has 4 atom stereocenters. The van der Waals surface area contributed by atoms with Gasteiger partial charge in [-0.25, -0.2) is 4.90 Å². The standard InChI is InChI=1S/C32H28ClNO7/c1-14-5-6-17(12-22(14)33)34-31(38)19-8-7-18-20(27(19)32(34)39)13-21-28(23(35)9-15(2)29(21)36)26(18)16-10-24(40-3)30(37)25(11-16)41-4/h5-7,9-12,19-20,26-27,37H,8,13H2,1-4H3. The summed E-state index contributed by atoms with van der Waals surface area (Å²) in [4.78, 5) is 55.9. The van der Waals surface area contributed by atoms with Gasteiger partial charge in [0.25, 0.3) is 0 Å². The van der Waals surface area contributed by atoms with Gasteiger partial charge in [-0.2, -0.15) is 0 Å². The van der Waals surface area contributed by atoms with Crippen molar-refractivity contribution in [2.45, 2.75) is 32.6 Å². The van der Waals surface area contributed by atoms with Crippen LogP contribution in [0.2, 0.25) is 5.02 Å². The van der Waals surface area contributed by atoms with Crippen molar-refractivity contribution in [2.24, 2.45) is 17.8 Å². The van der Waals surface area contributed by atoms with Crippen LogP contribution in [0.4, 0.5) is 5.69 Å². The van der Waals surface area contributed by atoms with Gasteiger partial charge < -0.3 is 14.6 Å². The Hall–Kier alpha value is -4.17. The van der Waals surface area contributed by atoms with Gasteiger partial charge in [-0.1, -0.05) is 29.3 Å². The number of phenolic OH excluding ortho intramolecular Hbond substituents is 1. The third kappa shape index (κ3) is 3.95. The predicted molar refractivity (Wildman–Crippen MR) is 151 cm³/mol. The van der Waals surface area contributed by atoms with Crippen LogP contribution in [0, 0.1) is 24.7 Å². The maximum atomic E-state index is 14.0. The van der Waals surface area contributed by atoms with Gasteiger partial charge in [0.2, 0.25) is 17.6 Å². The second kappa shape index (κ2) is 9.73. The number of aryl methyl sites for hydroxylation is 1. The van der Waals surface area contributed by atoms with Crippen molar-refractivity contribution in [1.29, 1.82) is 0 Å². The Kier molecular flexibility index (Phi) is 6.41. The average Bonchev–Trinajstić information content (AvgIpc) is 3.21. The first-order chi connectivity index (χ1) is 19.6. The summed E-state index contributed by atoms with van der Waals surface area (Å²) in [5.41, 5.74) is 3.63. The van der Waals surface area contributed by atoms with Gasteiger partial charge >= 0.3 is 0 Å². The zero-order chi connectivity index (χ0) is 29.3. The molecule has 1 N–H and O–H groups in total. The van der Waals surface area contributed by atoms with Crippen LogP contribution in [0.15, 0.2) is 64.8 Å². The number of phenols is 1. The van der Waals surface area contributed by atoms with Crippen molar-refractivity contribution in [2.75, 3.05) is 19.1 Å². The number of rotatable bonds is 4. The molecule has 8 nitrogen and oxygen atoms in total. The summed E-state index contributed by atoms with van der Waals surface area (Å²) in [6.07, 6.45) is 3.76. The van der Waals surface area contributed by atoms with E-state index < -0.39 is 23.7 Å². The number of ketones is 2. The minimum absolute atomic E-state index is 0.147. The number of aromatic hydroxyl groups is 1. The molecule has 4 aliphatic rings. The molecule has 2 aromatic carbocycles. The number of nitrogens with zero attached hydrogens (tertiary/aromatic N) is 1. The lowest BCUT2D eigenvalue weighted by molar-refractivity contribution is -0.123. The first kappa shape index (κ1) is 27.0. The Morgan fingerprint density at radius 2 is 1.63 bits per heavy atom. The molecule has 9 heteroatoms. The number of hydrogen-bond acceptors (Lipinski definition) is 7. The summed E-state index contributed by atoms with van der Waals surface area (Å²) in [5, 5.41) is 11.0. The number of halogens is 1. The van der Waals surface area contributed by atoms with Crippen LogP contribution in [-0.2, 0) is 19.2 Å². The van der Waals surface area contributed by atoms with E-state index in [1.54, 1.807) is 37.3 Å². The van der Waals surface area contributed by atoms with Crippen LogP contribution in [-0.4, -0.2) is 42.7 Å². The number of hydrogen-bond donors (Lipinski definition) is 1. The van der Waals surface area contributed by atoms with Crippen LogP contribution in [0.3, 0.4) is 0 Å². The minimum Gasteiger partial charge on any atom is -0.502 e. The van der Waals surface area contributed by atoms with E-state index in [0.29, 0.717) is 39.4 Å². The summed E-state index contributed by atoms with van der Waals surface area (Å²) in [6.45, 7) is 3.45. The van der Waals surface area contributed by atoms with Gasteiger partial charge in [0.15, 0.2) is 23.1 Å². The quantitative estimate of drug-likeness (QED) is 0.311. The molecule has 0 spiro atoms. The molecule has 0 saturated carbocycles. The third-order valence-corrected chi connectivity index (χ3v) is 9.22. The monoisotopic (exact) mass is 573 g/mol. The lowest BCUT2D eigenvalue weighted by atomic mass is 9.59. The molecule has 1 heterocycles. The summed E-state index contributed by atoms with van der Waals surface area (Å²) in [5.74, 6) is -3.58. The Labute approximate surface area is 241 Å². The number of carbonyl (C=O) groups is 4. The van der Waals surface area contributed by atoms with E-state index in [1.165, 1.54) is 25.2 Å². The second-order valence-corrected chi connectivity index (χ2v) is 11.4. The lowest BCUT2D eigenvalue weighted by Crippen LogP contribution is -2.39. The molecule has 210 valence electrons. The number of ether oxygens (including phenoxy) is 2. The van der Waals surface area contributed by atoms with Crippen LogP contribution in [0.1, 0.15) is 36.8 Å². The topological polar surface area (TPSA) is 110 Å². The average molecular weight is 574 g/mol. The molecule has 41 heavy (non-hydrogen) atoms. The summed E-state index contributed by atoms with van der Waals surface area (Å²) in [6, 6.07) is 8.33. The fourth-order valence-electron chi connectivity index (χ4n) is 6.82. The second-order valence-electron chi connectivity index (χ2n) is 10.9. The smallest absolute Gasteiger partial charge is 0.238 e. The predicted octanol–water partition coefficient (Wildman–Crippen LogP) is 5.01. The van der Waals surface area contributed by atoms with Gasteiger partial charge in [0.1, 0.15) is 0 Å². The highest BCUT2D eigenvalue weighted by Gasteiger charge is 2.56. The van der Waals surface area contributed by atoms with Crippen molar-refractivity contribution >= 4 is 40.7 Å². The van der Waals surface area contributed by atoms with Gasteiger partial charge in [0, 0.05) is 27.7 Å². The zero-order valence-electron chi connectivity index (χ0n) is 23.0. The van der Waals surface area contributed by atoms with Crippen molar-refractivity contribution in [3.05, 3.63) is 80.9 Å². The van der Waals surface area contributed by atoms with Gasteiger partial charge in [-0.05, 0) is 74.1 Å². The molecule has 0 aromatic heterocycles. The summed E-state index contributed by atoms with van der Waals surface area (Å²) in [7, 11) is 2.82. The molecule has 6 rings (SSSR count). The van der Waals surface area contributed by atoms with Crippen LogP contribution < -0.4 is 14.4 Å². The van der Waals surface area contributed by atoms with Crippen LogP contribution in [0.25, 0.3) is 0 Å². The van der Waals surface area contributed by atoms with E-state index in [0.717, 1.165) is 11.1 Å². The first-order valence-electron chi connectivity index (χ1n) is 13.4. The molecule has 2 aromatic rings. The van der Waals surface area contributed by atoms with E-state index in [-0.39, 0.29) is 47.1 Å². The van der Waals surface area contributed by atoms with Crippen LogP contribution >= 0.6 is 11.6 Å². The molecule has 0 bridgehead atoms. The van der Waals surface area contributed by atoms with E-state index in [4.69, 9.17) is 21.1 Å². The highest BCUT2D eigenvalue weighted by atomic mass is 35.5. The number of anilines is 1. The first-order valence-corrected chi connectivity index (χ1v) is 13.7. The fraction of sp³-hybridized carbons (Fsp3) is 0.312. The molecule has 4 unspecified atom stereocenters. The number of fused-ring (bicyclic) bond motifs is 3.